The second-order valence-corrected chi connectivity index (χ2v) is 23.5. The van der Waals surface area contributed by atoms with E-state index >= 15 is 0 Å². The predicted molar refractivity (Wildman–Crippen MR) is 99.4 cm³/mol. The maximum absolute atomic E-state index is 4.20. The molecule has 0 aromatic carbocycles. The Morgan fingerprint density at radius 1 is 0.500 bits per heavy atom. The van der Waals surface area contributed by atoms with Crippen LogP contribution in [-0.2, 0) is 0 Å². The molecule has 0 rings (SSSR count). The third kappa shape index (κ3) is 7.86. The summed E-state index contributed by atoms with van der Waals surface area (Å²) >= 11 is 8.40. The van der Waals surface area contributed by atoms with Crippen LogP contribution >= 0.6 is 30.6 Å². The van der Waals surface area contributed by atoms with Gasteiger partial charge in [-0.05, 0) is 36.3 Å². The van der Waals surface area contributed by atoms with Crippen molar-refractivity contribution >= 4 is 44.0 Å². The third-order valence-electron chi connectivity index (χ3n) is 3.81. The minimum Gasteiger partial charge on any atom is -0.126 e. The normalized spacial score (nSPS) is 13.0. The highest BCUT2D eigenvalue weighted by molar-refractivity contribution is 9.26. The average molecular weight is 416 g/mol. The van der Waals surface area contributed by atoms with Gasteiger partial charge in [0.05, 0.1) is 0 Å². The van der Waals surface area contributed by atoms with Crippen LogP contribution in [0.15, 0.2) is 0 Å². The first kappa shape index (κ1) is 19.4. The van der Waals surface area contributed by atoms with Gasteiger partial charge in [0.25, 0.3) is 0 Å². The van der Waals surface area contributed by atoms with Crippen molar-refractivity contribution in [1.82, 2.24) is 0 Å². The zero-order valence-corrected chi connectivity index (χ0v) is 18.0. The van der Waals surface area contributed by atoms with Crippen molar-refractivity contribution in [3.05, 3.63) is 0 Å². The van der Waals surface area contributed by atoms with Crippen molar-refractivity contribution in [3.8, 4) is 0 Å². The van der Waals surface area contributed by atoms with Gasteiger partial charge >= 0.3 is 0 Å². The molecule has 110 valence electrons. The molecule has 0 saturated heterocycles. The first-order chi connectivity index (χ1) is 8.45. The van der Waals surface area contributed by atoms with Gasteiger partial charge in [-0.3, -0.25) is 0 Å². The molecule has 4 heteroatoms. The Bertz CT molecular complexity index is 176. The van der Waals surface area contributed by atoms with Gasteiger partial charge in [-0.1, -0.05) is 53.4 Å². The summed E-state index contributed by atoms with van der Waals surface area (Å²) in [6.07, 6.45) is 5.43. The molecule has 0 aliphatic heterocycles. The molecular weight excluding hydrogens is 384 g/mol. The van der Waals surface area contributed by atoms with E-state index in [9.17, 15) is 0 Å². The van der Waals surface area contributed by atoms with Crippen molar-refractivity contribution < 1.29 is 0 Å². The molecule has 0 heterocycles. The Kier molecular flexibility index (Phi) is 11.0. The molecule has 0 nitrogen and oxygen atoms in total. The first-order valence-electron chi connectivity index (χ1n) is 7.83. The summed E-state index contributed by atoms with van der Waals surface area (Å²) in [5, 5.41) is 0. The highest BCUT2D eigenvalue weighted by Crippen LogP contribution is 2.39. The lowest BCUT2D eigenvalue weighted by atomic mass is 10.6. The van der Waals surface area contributed by atoms with Crippen LogP contribution in [0, 0.1) is 0 Å². The molecule has 0 N–H and O–H groups in total. The number of hydrogen-bond acceptors (Lipinski definition) is 0. The molecule has 0 fully saturated rings. The van der Waals surface area contributed by atoms with E-state index in [-0.39, 0.29) is 0 Å². The van der Waals surface area contributed by atoms with Gasteiger partial charge in [0, 0.05) is 0 Å². The molecule has 0 aromatic heterocycles. The minimum absolute atomic E-state index is 1.10. The predicted octanol–water partition coefficient (Wildman–Crippen LogP) is 7.31. The monoisotopic (exact) mass is 414 g/mol. The smallest absolute Gasteiger partial charge is 0.126 e. The second kappa shape index (κ2) is 10.2. The topological polar surface area (TPSA) is 0 Å². The Hall–Kier alpha value is 1.39. The van der Waals surface area contributed by atoms with Gasteiger partial charge in [-0.2, -0.15) is 0 Å². The highest BCUT2D eigenvalue weighted by Gasteiger charge is 2.34. The molecule has 0 radical (unpaired) electrons. The van der Waals surface area contributed by atoms with Crippen molar-refractivity contribution in [2.45, 2.75) is 89.6 Å². The van der Waals surface area contributed by atoms with Crippen LogP contribution in [0.25, 0.3) is 0 Å². The molecule has 0 aliphatic carbocycles. The Balaban J connectivity index is 4.44. The van der Waals surface area contributed by atoms with Gasteiger partial charge in [0.15, 0.2) is 0 Å². The fourth-order valence-corrected chi connectivity index (χ4v) is 20.0. The highest BCUT2D eigenvalue weighted by atomic mass is 79.9. The third-order valence-corrected chi connectivity index (χ3v) is 19.3. The Morgan fingerprint density at radius 2 is 0.722 bits per heavy atom. The molecule has 0 unspecified atom stereocenters. The van der Waals surface area contributed by atoms with Gasteiger partial charge in [0.2, 0.25) is 0 Å². The minimum atomic E-state index is -1.10. The van der Waals surface area contributed by atoms with Crippen LogP contribution in [0.3, 0.4) is 0 Å². The van der Waals surface area contributed by atoms with E-state index in [0.29, 0.717) is 0 Å². The lowest BCUT2D eigenvalue weighted by Crippen LogP contribution is -2.32. The molecule has 0 atom stereocenters. The van der Waals surface area contributed by atoms with Gasteiger partial charge in [-0.15, -0.1) is 30.6 Å². The first-order valence-corrected chi connectivity index (χ1v) is 17.6. The SMILES string of the molecule is CCC[Si](Br)(CCC)CC[Si](Br)(CCC)CCC. The van der Waals surface area contributed by atoms with E-state index in [0.717, 1.165) is 0 Å². The average Bonchev–Trinajstić information content (AvgIpc) is 2.28. The maximum Gasteiger partial charge on any atom is 0.130 e. The molecule has 0 saturated carbocycles. The fourth-order valence-electron chi connectivity index (χ4n) is 2.99. The summed E-state index contributed by atoms with van der Waals surface area (Å²) in [6.45, 7) is 7.17. The zero-order valence-electron chi connectivity index (χ0n) is 12.8. The summed E-state index contributed by atoms with van der Waals surface area (Å²) in [7, 11) is 0. The quantitative estimate of drug-likeness (QED) is 0.245. The van der Waals surface area contributed by atoms with E-state index in [1.165, 1.54) is 61.9 Å². The lowest BCUT2D eigenvalue weighted by molar-refractivity contribution is 0.964. The summed E-state index contributed by atoms with van der Waals surface area (Å²) in [6, 6.07) is 8.89. The van der Waals surface area contributed by atoms with Crippen LogP contribution in [0.1, 0.15) is 53.4 Å². The van der Waals surface area contributed by atoms with E-state index < -0.39 is 13.4 Å². The molecule has 0 spiro atoms. The van der Waals surface area contributed by atoms with Crippen LogP contribution in [0.5, 0.6) is 0 Å². The molecule has 0 aliphatic rings. The van der Waals surface area contributed by atoms with Gasteiger partial charge in [0.1, 0.15) is 13.4 Å². The Labute approximate surface area is 133 Å². The van der Waals surface area contributed by atoms with Crippen molar-refractivity contribution in [2.75, 3.05) is 0 Å². The molecular formula is C14H32Br2Si2. The summed E-state index contributed by atoms with van der Waals surface area (Å²) < 4.78 is 0. The Morgan fingerprint density at radius 3 is 0.889 bits per heavy atom. The van der Waals surface area contributed by atoms with E-state index in [2.05, 4.69) is 58.3 Å². The van der Waals surface area contributed by atoms with Crippen molar-refractivity contribution in [3.63, 3.8) is 0 Å². The number of hydrogen-bond donors (Lipinski definition) is 0. The van der Waals surface area contributed by atoms with Crippen molar-refractivity contribution in [1.29, 1.82) is 0 Å². The number of halogens is 2. The molecule has 0 amide bonds. The largest absolute Gasteiger partial charge is 0.130 e. The maximum atomic E-state index is 4.20. The molecule has 0 bridgehead atoms. The summed E-state index contributed by atoms with van der Waals surface area (Å²) in [5.41, 5.74) is 0. The summed E-state index contributed by atoms with van der Waals surface area (Å²) in [4.78, 5) is 0. The van der Waals surface area contributed by atoms with Crippen LogP contribution in [0.4, 0.5) is 0 Å². The number of rotatable bonds is 11. The second-order valence-electron chi connectivity index (χ2n) is 5.80. The zero-order chi connectivity index (χ0) is 14.1. The van der Waals surface area contributed by atoms with Crippen molar-refractivity contribution in [2.24, 2.45) is 0 Å². The van der Waals surface area contributed by atoms with E-state index in [4.69, 9.17) is 0 Å². The van der Waals surface area contributed by atoms with Crippen LogP contribution < -0.4 is 0 Å². The van der Waals surface area contributed by atoms with E-state index in [1.807, 2.05) is 0 Å². The van der Waals surface area contributed by atoms with Gasteiger partial charge < -0.3 is 0 Å². The van der Waals surface area contributed by atoms with Gasteiger partial charge in [-0.25, -0.2) is 0 Å². The standard InChI is InChI=1S/C14H32Br2Si2/c1-5-9-17(15,10-6-2)13-14-18(16,11-7-3)12-8-4/h5-14H2,1-4H3. The lowest BCUT2D eigenvalue weighted by Gasteiger charge is -2.30. The molecule has 18 heavy (non-hydrogen) atoms. The molecule has 0 aromatic rings. The van der Waals surface area contributed by atoms with E-state index in [1.54, 1.807) is 0 Å². The summed E-state index contributed by atoms with van der Waals surface area (Å²) in [5.74, 6) is 0. The fraction of sp³-hybridized carbons (Fsp3) is 1.00. The van der Waals surface area contributed by atoms with Crippen LogP contribution in [0.2, 0.25) is 36.3 Å². The van der Waals surface area contributed by atoms with Crippen LogP contribution in [-0.4, -0.2) is 13.4 Å².